The fraction of sp³-hybridized carbons (Fsp3) is 0.154. The Morgan fingerprint density at radius 3 is 2.38 bits per heavy atom. The van der Waals surface area contributed by atoms with Crippen LogP contribution in [0.25, 0.3) is 0 Å². The molecule has 2 nitrogen and oxygen atoms in total. The van der Waals surface area contributed by atoms with Gasteiger partial charge in [-0.25, -0.2) is 0 Å². The highest BCUT2D eigenvalue weighted by Crippen LogP contribution is 2.26. The van der Waals surface area contributed by atoms with Crippen LogP contribution in [-0.4, -0.2) is 4.98 Å². The van der Waals surface area contributed by atoms with Crippen molar-refractivity contribution < 1.29 is 0 Å². The minimum Gasteiger partial charge on any atom is -0.323 e. The van der Waals surface area contributed by atoms with Crippen LogP contribution >= 0.6 is 11.8 Å². The second kappa shape index (κ2) is 5.14. The molecule has 0 radical (unpaired) electrons. The fourth-order valence-corrected chi connectivity index (χ4v) is 2.15. The molecule has 0 bridgehead atoms. The predicted octanol–water partition coefficient (Wildman–Crippen LogP) is 3.25. The Balaban J connectivity index is 2.11. The molecular formula is C13H14N2S. The standard InChI is InChI=1S/C13H14N2S/c1-10(14)13-8-7-12(9-15-13)16-11-5-3-2-4-6-11/h2-10H,14H2,1H3. The van der Waals surface area contributed by atoms with Gasteiger partial charge in [-0.05, 0) is 31.2 Å². The smallest absolute Gasteiger partial charge is 0.0569 e. The maximum atomic E-state index is 5.75. The van der Waals surface area contributed by atoms with Crippen LogP contribution in [0.5, 0.6) is 0 Å². The molecular weight excluding hydrogens is 216 g/mol. The lowest BCUT2D eigenvalue weighted by Crippen LogP contribution is -2.06. The van der Waals surface area contributed by atoms with E-state index in [4.69, 9.17) is 5.73 Å². The largest absolute Gasteiger partial charge is 0.323 e. The third kappa shape index (κ3) is 2.84. The Hall–Kier alpha value is -1.32. The molecule has 1 unspecified atom stereocenters. The summed E-state index contributed by atoms with van der Waals surface area (Å²) in [5.74, 6) is 0. The Kier molecular flexibility index (Phi) is 3.59. The van der Waals surface area contributed by atoms with E-state index in [9.17, 15) is 0 Å². The Morgan fingerprint density at radius 1 is 1.06 bits per heavy atom. The SMILES string of the molecule is CC(N)c1ccc(Sc2ccccc2)cn1. The molecule has 1 aromatic heterocycles. The molecule has 0 saturated heterocycles. The van der Waals surface area contributed by atoms with Gasteiger partial charge in [-0.2, -0.15) is 0 Å². The maximum absolute atomic E-state index is 5.75. The van der Waals surface area contributed by atoms with Gasteiger partial charge in [0, 0.05) is 22.0 Å². The highest BCUT2D eigenvalue weighted by Gasteiger charge is 2.01. The minimum atomic E-state index is -0.00391. The van der Waals surface area contributed by atoms with Crippen molar-refractivity contribution in [2.24, 2.45) is 5.73 Å². The summed E-state index contributed by atoms with van der Waals surface area (Å²) >= 11 is 1.70. The van der Waals surface area contributed by atoms with E-state index in [0.717, 1.165) is 10.6 Å². The van der Waals surface area contributed by atoms with E-state index in [1.54, 1.807) is 11.8 Å². The quantitative estimate of drug-likeness (QED) is 0.879. The molecule has 0 saturated carbocycles. The predicted molar refractivity (Wildman–Crippen MR) is 67.4 cm³/mol. The minimum absolute atomic E-state index is 0.00391. The summed E-state index contributed by atoms with van der Waals surface area (Å²) in [6.07, 6.45) is 1.87. The number of pyridine rings is 1. The summed E-state index contributed by atoms with van der Waals surface area (Å²) < 4.78 is 0. The van der Waals surface area contributed by atoms with E-state index in [2.05, 4.69) is 23.2 Å². The van der Waals surface area contributed by atoms with Gasteiger partial charge in [0.1, 0.15) is 0 Å². The molecule has 0 aliphatic rings. The van der Waals surface area contributed by atoms with Crippen LogP contribution in [0.15, 0.2) is 58.5 Å². The van der Waals surface area contributed by atoms with Gasteiger partial charge in [0.25, 0.3) is 0 Å². The number of benzene rings is 1. The zero-order chi connectivity index (χ0) is 11.4. The Morgan fingerprint density at radius 2 is 1.81 bits per heavy atom. The topological polar surface area (TPSA) is 38.9 Å². The van der Waals surface area contributed by atoms with Crippen LogP contribution < -0.4 is 5.73 Å². The van der Waals surface area contributed by atoms with Gasteiger partial charge in [-0.3, -0.25) is 4.98 Å². The third-order valence-electron chi connectivity index (χ3n) is 2.20. The molecule has 0 spiro atoms. The summed E-state index contributed by atoms with van der Waals surface area (Å²) in [5.41, 5.74) is 6.68. The van der Waals surface area contributed by atoms with Gasteiger partial charge in [-0.15, -0.1) is 0 Å². The van der Waals surface area contributed by atoms with E-state index >= 15 is 0 Å². The molecule has 1 atom stereocenters. The van der Waals surface area contributed by atoms with Crippen molar-refractivity contribution in [3.05, 3.63) is 54.4 Å². The first-order valence-electron chi connectivity index (χ1n) is 5.20. The van der Waals surface area contributed by atoms with Crippen LogP contribution in [0.1, 0.15) is 18.7 Å². The lowest BCUT2D eigenvalue weighted by Gasteiger charge is -2.05. The third-order valence-corrected chi connectivity index (χ3v) is 3.19. The van der Waals surface area contributed by atoms with Crippen LogP contribution in [0.4, 0.5) is 0 Å². The van der Waals surface area contributed by atoms with E-state index in [0.29, 0.717) is 0 Å². The van der Waals surface area contributed by atoms with Gasteiger partial charge in [0.15, 0.2) is 0 Å². The molecule has 2 N–H and O–H groups in total. The Bertz CT molecular complexity index is 437. The molecule has 0 aliphatic heterocycles. The lowest BCUT2D eigenvalue weighted by atomic mass is 10.2. The number of nitrogens with two attached hydrogens (primary N) is 1. The van der Waals surface area contributed by atoms with Gasteiger partial charge in [-0.1, -0.05) is 30.0 Å². The first kappa shape index (κ1) is 11.2. The monoisotopic (exact) mass is 230 g/mol. The molecule has 2 aromatic rings. The first-order valence-corrected chi connectivity index (χ1v) is 6.02. The van der Waals surface area contributed by atoms with E-state index in [1.807, 2.05) is 37.4 Å². The second-order valence-electron chi connectivity index (χ2n) is 3.62. The summed E-state index contributed by atoms with van der Waals surface area (Å²) in [6, 6.07) is 14.3. The van der Waals surface area contributed by atoms with Crippen molar-refractivity contribution in [1.29, 1.82) is 0 Å². The summed E-state index contributed by atoms with van der Waals surface area (Å²) in [4.78, 5) is 6.68. The van der Waals surface area contributed by atoms with Crippen molar-refractivity contribution in [3.8, 4) is 0 Å². The van der Waals surface area contributed by atoms with Gasteiger partial charge < -0.3 is 5.73 Å². The van der Waals surface area contributed by atoms with Crippen molar-refractivity contribution in [2.45, 2.75) is 22.8 Å². The average Bonchev–Trinajstić information content (AvgIpc) is 2.31. The fourth-order valence-electron chi connectivity index (χ4n) is 1.35. The number of nitrogens with zero attached hydrogens (tertiary/aromatic N) is 1. The summed E-state index contributed by atoms with van der Waals surface area (Å²) in [6.45, 7) is 1.94. The second-order valence-corrected chi connectivity index (χ2v) is 4.77. The normalized spacial score (nSPS) is 12.4. The average molecular weight is 230 g/mol. The zero-order valence-electron chi connectivity index (χ0n) is 9.13. The van der Waals surface area contributed by atoms with Crippen molar-refractivity contribution >= 4 is 11.8 Å². The van der Waals surface area contributed by atoms with Gasteiger partial charge in [0.05, 0.1) is 5.69 Å². The molecule has 0 aliphatic carbocycles. The molecule has 16 heavy (non-hydrogen) atoms. The van der Waals surface area contributed by atoms with Crippen LogP contribution in [-0.2, 0) is 0 Å². The van der Waals surface area contributed by atoms with Crippen LogP contribution in [0.3, 0.4) is 0 Å². The van der Waals surface area contributed by atoms with Crippen LogP contribution in [0, 0.1) is 0 Å². The van der Waals surface area contributed by atoms with E-state index < -0.39 is 0 Å². The maximum Gasteiger partial charge on any atom is 0.0569 e. The van der Waals surface area contributed by atoms with Crippen molar-refractivity contribution in [2.75, 3.05) is 0 Å². The van der Waals surface area contributed by atoms with E-state index in [-0.39, 0.29) is 6.04 Å². The van der Waals surface area contributed by atoms with Crippen LogP contribution in [0.2, 0.25) is 0 Å². The first-order chi connectivity index (χ1) is 7.75. The number of hydrogen-bond donors (Lipinski definition) is 1. The number of rotatable bonds is 3. The number of hydrogen-bond acceptors (Lipinski definition) is 3. The number of aromatic nitrogens is 1. The van der Waals surface area contributed by atoms with Crippen molar-refractivity contribution in [3.63, 3.8) is 0 Å². The van der Waals surface area contributed by atoms with Gasteiger partial charge in [0.2, 0.25) is 0 Å². The highest BCUT2D eigenvalue weighted by atomic mass is 32.2. The summed E-state index contributed by atoms with van der Waals surface area (Å²) in [7, 11) is 0. The highest BCUT2D eigenvalue weighted by molar-refractivity contribution is 7.99. The summed E-state index contributed by atoms with van der Waals surface area (Å²) in [5, 5.41) is 0. The molecule has 1 heterocycles. The van der Waals surface area contributed by atoms with Crippen molar-refractivity contribution in [1.82, 2.24) is 4.98 Å². The molecule has 1 aromatic carbocycles. The molecule has 3 heteroatoms. The molecule has 0 amide bonds. The molecule has 0 fully saturated rings. The van der Waals surface area contributed by atoms with E-state index in [1.165, 1.54) is 4.90 Å². The lowest BCUT2D eigenvalue weighted by molar-refractivity contribution is 0.777. The molecule has 2 rings (SSSR count). The zero-order valence-corrected chi connectivity index (χ0v) is 9.95. The van der Waals surface area contributed by atoms with Gasteiger partial charge >= 0.3 is 0 Å². The Labute approximate surface area is 99.9 Å². The molecule has 82 valence electrons.